The Morgan fingerprint density at radius 3 is 2.81 bits per heavy atom. The number of terminal acetylenes is 1. The van der Waals surface area contributed by atoms with Crippen LogP contribution in [0, 0.1) is 12.3 Å². The van der Waals surface area contributed by atoms with Gasteiger partial charge in [0.25, 0.3) is 0 Å². The van der Waals surface area contributed by atoms with Gasteiger partial charge in [0.2, 0.25) is 5.91 Å². The second-order valence-electron chi connectivity index (χ2n) is 6.23. The zero-order valence-electron chi connectivity index (χ0n) is 14.2. The minimum Gasteiger partial charge on any atom is -0.360 e. The van der Waals surface area contributed by atoms with Crippen molar-refractivity contribution in [2.24, 2.45) is 0 Å². The zero-order chi connectivity index (χ0) is 17.9. The van der Waals surface area contributed by atoms with Gasteiger partial charge in [-0.1, -0.05) is 36.3 Å². The third kappa shape index (κ3) is 3.39. The monoisotopic (exact) mass is 362 g/mol. The van der Waals surface area contributed by atoms with E-state index in [0.29, 0.717) is 11.7 Å². The van der Waals surface area contributed by atoms with Crippen molar-refractivity contribution in [3.63, 3.8) is 0 Å². The van der Waals surface area contributed by atoms with E-state index < -0.39 is 0 Å². The van der Waals surface area contributed by atoms with Crippen molar-refractivity contribution in [3.05, 3.63) is 41.5 Å². The Morgan fingerprint density at radius 1 is 1.27 bits per heavy atom. The topological polar surface area (TPSA) is 66.9 Å². The number of nitrogens with zero attached hydrogens (tertiary/aromatic N) is 2. The molecule has 0 radical (unpaired) electrons. The minimum absolute atomic E-state index is 0.127. The molecule has 1 fully saturated rings. The number of amides is 1. The summed E-state index contributed by atoms with van der Waals surface area (Å²) < 4.78 is 0. The summed E-state index contributed by atoms with van der Waals surface area (Å²) in [5, 5.41) is 8.93. The number of anilines is 1. The van der Waals surface area contributed by atoms with Gasteiger partial charge in [0.1, 0.15) is 16.5 Å². The van der Waals surface area contributed by atoms with E-state index in [1.54, 1.807) is 11.3 Å². The van der Waals surface area contributed by atoms with Crippen molar-refractivity contribution in [3.8, 4) is 23.5 Å². The van der Waals surface area contributed by atoms with Gasteiger partial charge in [0, 0.05) is 16.9 Å². The molecule has 0 unspecified atom stereocenters. The highest BCUT2D eigenvalue weighted by Gasteiger charge is 2.28. The first-order valence-corrected chi connectivity index (χ1v) is 9.43. The predicted molar refractivity (Wildman–Crippen MR) is 105 cm³/mol. The van der Waals surface area contributed by atoms with E-state index >= 15 is 0 Å². The molecule has 0 bridgehead atoms. The maximum Gasteiger partial charge on any atom is 0.240 e. The molecule has 1 aliphatic rings. The highest BCUT2D eigenvalue weighted by molar-refractivity contribution is 7.17. The molecule has 1 saturated carbocycles. The smallest absolute Gasteiger partial charge is 0.240 e. The third-order valence-electron chi connectivity index (χ3n) is 4.28. The van der Waals surface area contributed by atoms with Crippen LogP contribution in [0.2, 0.25) is 0 Å². The van der Waals surface area contributed by atoms with Gasteiger partial charge in [-0.2, -0.15) is 0 Å². The van der Waals surface area contributed by atoms with Crippen LogP contribution in [0.1, 0.15) is 24.6 Å². The Balaban J connectivity index is 1.72. The Hall–Kier alpha value is -2.91. The highest BCUT2D eigenvalue weighted by Crippen LogP contribution is 2.42. The van der Waals surface area contributed by atoms with Crippen LogP contribution in [-0.2, 0) is 4.79 Å². The lowest BCUT2D eigenvalue weighted by Gasteiger charge is -2.10. The summed E-state index contributed by atoms with van der Waals surface area (Å²) in [5.41, 5.74) is 2.20. The van der Waals surface area contributed by atoms with Crippen LogP contribution in [0.25, 0.3) is 21.3 Å². The van der Waals surface area contributed by atoms with Crippen LogP contribution in [0.3, 0.4) is 0 Å². The molecule has 3 aromatic rings. The zero-order valence-corrected chi connectivity index (χ0v) is 15.0. The molecule has 130 valence electrons. The van der Waals surface area contributed by atoms with Gasteiger partial charge in [0.05, 0.1) is 18.5 Å². The molecule has 1 aliphatic carbocycles. The van der Waals surface area contributed by atoms with Crippen molar-refractivity contribution in [1.29, 1.82) is 0 Å². The van der Waals surface area contributed by atoms with Crippen molar-refractivity contribution < 1.29 is 4.79 Å². The quantitative estimate of drug-likeness (QED) is 0.660. The van der Waals surface area contributed by atoms with Crippen molar-refractivity contribution >= 4 is 33.3 Å². The van der Waals surface area contributed by atoms with E-state index in [2.05, 4.69) is 34.1 Å². The van der Waals surface area contributed by atoms with E-state index in [4.69, 9.17) is 16.4 Å². The fourth-order valence-electron chi connectivity index (χ4n) is 2.82. The number of rotatable bonds is 6. The molecular formula is C20H18N4OS. The maximum atomic E-state index is 11.9. The molecule has 4 rings (SSSR count). The number of benzene rings is 1. The summed E-state index contributed by atoms with van der Waals surface area (Å²) in [6.07, 6.45) is 7.44. The number of hydrogen-bond donors (Lipinski definition) is 2. The van der Waals surface area contributed by atoms with Crippen molar-refractivity contribution in [2.75, 3.05) is 18.4 Å². The highest BCUT2D eigenvalue weighted by atomic mass is 32.1. The van der Waals surface area contributed by atoms with E-state index in [-0.39, 0.29) is 19.0 Å². The Morgan fingerprint density at radius 2 is 2.08 bits per heavy atom. The summed E-state index contributed by atoms with van der Waals surface area (Å²) in [7, 11) is 0. The standard InChI is InChI=1S/C20H18N4OS/c1-2-10-21-16(25)11-22-19-17-15(13-6-4-3-5-7-13)12-26-20(17)24-18(23-19)14-8-9-14/h1,3-7,12,14H,8-11H2,(H,21,25)(H,22,23,24). The van der Waals surface area contributed by atoms with Crippen LogP contribution in [0.15, 0.2) is 35.7 Å². The number of aromatic nitrogens is 2. The first kappa shape index (κ1) is 16.6. The summed E-state index contributed by atoms with van der Waals surface area (Å²) in [5.74, 6) is 4.27. The summed E-state index contributed by atoms with van der Waals surface area (Å²) in [4.78, 5) is 22.4. The van der Waals surface area contributed by atoms with Gasteiger partial charge in [-0.25, -0.2) is 9.97 Å². The van der Waals surface area contributed by atoms with Crippen LogP contribution >= 0.6 is 11.3 Å². The second kappa shape index (κ2) is 7.14. The number of carbonyl (C=O) groups is 1. The fourth-order valence-corrected chi connectivity index (χ4v) is 3.77. The van der Waals surface area contributed by atoms with E-state index in [1.165, 1.54) is 0 Å². The van der Waals surface area contributed by atoms with Gasteiger partial charge in [-0.05, 0) is 18.4 Å². The Kier molecular flexibility index (Phi) is 4.55. The molecule has 0 spiro atoms. The summed E-state index contributed by atoms with van der Waals surface area (Å²) >= 11 is 1.61. The predicted octanol–water partition coefficient (Wildman–Crippen LogP) is 3.40. The van der Waals surface area contributed by atoms with Crippen LogP contribution in [0.5, 0.6) is 0 Å². The Bertz CT molecular complexity index is 986. The van der Waals surface area contributed by atoms with Gasteiger partial charge in [-0.3, -0.25) is 4.79 Å². The number of fused-ring (bicyclic) bond motifs is 1. The lowest BCUT2D eigenvalue weighted by atomic mass is 10.1. The van der Waals surface area contributed by atoms with Gasteiger partial charge >= 0.3 is 0 Å². The average molecular weight is 362 g/mol. The first-order chi connectivity index (χ1) is 12.8. The lowest BCUT2D eigenvalue weighted by molar-refractivity contribution is -0.119. The van der Waals surface area contributed by atoms with E-state index in [1.807, 2.05) is 18.2 Å². The van der Waals surface area contributed by atoms with Gasteiger partial charge in [0.15, 0.2) is 0 Å². The molecule has 2 N–H and O–H groups in total. The number of nitrogens with one attached hydrogen (secondary N) is 2. The molecule has 0 aliphatic heterocycles. The van der Waals surface area contributed by atoms with Crippen LogP contribution in [0.4, 0.5) is 5.82 Å². The molecule has 1 amide bonds. The maximum absolute atomic E-state index is 11.9. The molecule has 0 saturated heterocycles. The first-order valence-electron chi connectivity index (χ1n) is 8.55. The normalized spacial score (nSPS) is 13.3. The van der Waals surface area contributed by atoms with Crippen LogP contribution < -0.4 is 10.6 Å². The molecule has 2 heterocycles. The van der Waals surface area contributed by atoms with Gasteiger partial charge in [-0.15, -0.1) is 17.8 Å². The average Bonchev–Trinajstić information content (AvgIpc) is 3.44. The second-order valence-corrected chi connectivity index (χ2v) is 7.09. The van der Waals surface area contributed by atoms with E-state index in [9.17, 15) is 4.79 Å². The summed E-state index contributed by atoms with van der Waals surface area (Å²) in [6.45, 7) is 0.350. The lowest BCUT2D eigenvalue weighted by Crippen LogP contribution is -2.30. The van der Waals surface area contributed by atoms with Crippen molar-refractivity contribution in [1.82, 2.24) is 15.3 Å². The number of carbonyl (C=O) groups excluding carboxylic acids is 1. The third-order valence-corrected chi connectivity index (χ3v) is 5.15. The number of hydrogen-bond acceptors (Lipinski definition) is 5. The Labute approximate surface area is 155 Å². The molecule has 5 nitrogen and oxygen atoms in total. The SMILES string of the molecule is C#CCNC(=O)CNc1nc(C2CC2)nc2scc(-c3ccccc3)c12. The minimum atomic E-state index is -0.154. The summed E-state index contributed by atoms with van der Waals surface area (Å²) in [6, 6.07) is 10.2. The molecule has 1 aromatic carbocycles. The molecule has 26 heavy (non-hydrogen) atoms. The molecule has 2 aromatic heterocycles. The molecule has 0 atom stereocenters. The number of thiophene rings is 1. The van der Waals surface area contributed by atoms with Gasteiger partial charge < -0.3 is 10.6 Å². The van der Waals surface area contributed by atoms with E-state index in [0.717, 1.165) is 40.0 Å². The van der Waals surface area contributed by atoms with Crippen molar-refractivity contribution in [2.45, 2.75) is 18.8 Å². The molecular weight excluding hydrogens is 344 g/mol. The fraction of sp³-hybridized carbons (Fsp3) is 0.250. The molecule has 6 heteroatoms. The van der Waals surface area contributed by atoms with Crippen LogP contribution in [-0.4, -0.2) is 29.0 Å². The largest absolute Gasteiger partial charge is 0.360 e.